The van der Waals surface area contributed by atoms with Gasteiger partial charge in [-0.1, -0.05) is 92.8 Å². The Bertz CT molecular complexity index is 734. The minimum absolute atomic E-state index is 0.972. The number of likely N-dealkylation sites (tertiary alicyclic amines) is 2. The van der Waals surface area contributed by atoms with Gasteiger partial charge in [-0.2, -0.15) is 0 Å². The third-order valence-electron chi connectivity index (χ3n) is 9.20. The van der Waals surface area contributed by atoms with Gasteiger partial charge in [-0.05, 0) is 126 Å². The highest BCUT2D eigenvalue weighted by molar-refractivity contribution is 5.15. The molecule has 0 aliphatic carbocycles. The van der Waals surface area contributed by atoms with Crippen LogP contribution >= 0.6 is 0 Å². The summed E-state index contributed by atoms with van der Waals surface area (Å²) in [6.45, 7) is 8.07. The highest BCUT2D eigenvalue weighted by Gasteiger charge is 2.19. The molecule has 0 aromatic heterocycles. The Balaban J connectivity index is 0.922. The van der Waals surface area contributed by atoms with E-state index < -0.39 is 0 Å². The fourth-order valence-corrected chi connectivity index (χ4v) is 6.68. The van der Waals surface area contributed by atoms with Crippen LogP contribution in [0.3, 0.4) is 0 Å². The molecule has 0 atom stereocenters. The average Bonchev–Trinajstić information content (AvgIpc) is 2.95. The molecule has 204 valence electrons. The van der Waals surface area contributed by atoms with Crippen molar-refractivity contribution in [3.8, 4) is 0 Å². The first-order chi connectivity index (χ1) is 18.3. The molecule has 0 bridgehead atoms. The molecule has 2 saturated heterocycles. The van der Waals surface area contributed by atoms with Crippen LogP contribution in [0.15, 0.2) is 60.7 Å². The summed E-state index contributed by atoms with van der Waals surface area (Å²) >= 11 is 0. The second-order valence-corrected chi connectivity index (χ2v) is 12.1. The molecule has 2 heterocycles. The lowest BCUT2D eigenvalue weighted by atomic mass is 9.90. The molecule has 0 unspecified atom stereocenters. The average molecular weight is 503 g/mol. The normalized spacial score (nSPS) is 18.4. The number of nitrogens with zero attached hydrogens (tertiary/aromatic N) is 2. The predicted octanol–water partition coefficient (Wildman–Crippen LogP) is 8.41. The first-order valence-electron chi connectivity index (χ1n) is 15.9. The van der Waals surface area contributed by atoms with Crippen molar-refractivity contribution in [3.05, 3.63) is 71.8 Å². The number of hydrogen-bond acceptors (Lipinski definition) is 2. The first-order valence-corrected chi connectivity index (χ1v) is 15.9. The minimum Gasteiger partial charge on any atom is -0.303 e. The van der Waals surface area contributed by atoms with Crippen LogP contribution in [0, 0.1) is 11.8 Å². The lowest BCUT2D eigenvalue weighted by Gasteiger charge is -2.32. The van der Waals surface area contributed by atoms with Crippen molar-refractivity contribution < 1.29 is 0 Å². The lowest BCUT2D eigenvalue weighted by Crippen LogP contribution is -2.34. The van der Waals surface area contributed by atoms with Gasteiger partial charge in [0.2, 0.25) is 0 Å². The van der Waals surface area contributed by atoms with Crippen molar-refractivity contribution in [3.63, 3.8) is 0 Å². The van der Waals surface area contributed by atoms with Gasteiger partial charge >= 0.3 is 0 Å². The number of rotatable bonds is 16. The quantitative estimate of drug-likeness (QED) is 0.213. The Morgan fingerprint density at radius 3 is 1.24 bits per heavy atom. The molecule has 4 rings (SSSR count). The van der Waals surface area contributed by atoms with Crippen LogP contribution in [0.4, 0.5) is 0 Å². The molecular weight excluding hydrogens is 448 g/mol. The molecular formula is C35H54N2. The smallest absolute Gasteiger partial charge is 0.00161 e. The predicted molar refractivity (Wildman–Crippen MR) is 160 cm³/mol. The maximum atomic E-state index is 2.75. The van der Waals surface area contributed by atoms with Crippen LogP contribution in [-0.2, 0) is 12.8 Å². The topological polar surface area (TPSA) is 6.48 Å². The number of benzene rings is 2. The molecule has 0 amide bonds. The van der Waals surface area contributed by atoms with Gasteiger partial charge in [-0.15, -0.1) is 0 Å². The monoisotopic (exact) mass is 502 g/mol. The van der Waals surface area contributed by atoms with Gasteiger partial charge < -0.3 is 9.80 Å². The molecule has 37 heavy (non-hydrogen) atoms. The molecule has 0 radical (unpaired) electrons. The van der Waals surface area contributed by atoms with Gasteiger partial charge in [0.15, 0.2) is 0 Å². The van der Waals surface area contributed by atoms with E-state index in [1.165, 1.54) is 147 Å². The number of hydrogen-bond donors (Lipinski definition) is 0. The molecule has 2 aliphatic heterocycles. The van der Waals surface area contributed by atoms with E-state index in [-0.39, 0.29) is 0 Å². The second kappa shape index (κ2) is 17.0. The van der Waals surface area contributed by atoms with E-state index in [4.69, 9.17) is 0 Å². The summed E-state index contributed by atoms with van der Waals surface area (Å²) in [6.07, 6.45) is 20.9. The van der Waals surface area contributed by atoms with Gasteiger partial charge in [-0.3, -0.25) is 0 Å². The standard InChI is InChI=1S/C35H54N2/c1(2-10-26-36-28-22-34(23-29-36)20-12-18-32-14-6-4-7-15-32)3-11-27-37-30-24-35(25-31-37)21-13-19-33-16-8-5-9-17-33/h4-9,14-17,34-35H,1-3,10-13,18-31H2. The highest BCUT2D eigenvalue weighted by atomic mass is 15.1. The molecule has 0 N–H and O–H groups in total. The summed E-state index contributed by atoms with van der Waals surface area (Å²) < 4.78 is 0. The summed E-state index contributed by atoms with van der Waals surface area (Å²) in [5.41, 5.74) is 3.02. The van der Waals surface area contributed by atoms with Gasteiger partial charge in [0.1, 0.15) is 0 Å². The van der Waals surface area contributed by atoms with Gasteiger partial charge in [-0.25, -0.2) is 0 Å². The minimum atomic E-state index is 0.972. The van der Waals surface area contributed by atoms with Crippen LogP contribution in [0.25, 0.3) is 0 Å². The van der Waals surface area contributed by atoms with Crippen LogP contribution in [0.1, 0.15) is 94.6 Å². The Hall–Kier alpha value is -1.64. The van der Waals surface area contributed by atoms with Gasteiger partial charge in [0.05, 0.1) is 0 Å². The van der Waals surface area contributed by atoms with E-state index in [1.54, 1.807) is 0 Å². The molecule has 0 saturated carbocycles. The van der Waals surface area contributed by atoms with Crippen LogP contribution < -0.4 is 0 Å². The van der Waals surface area contributed by atoms with E-state index >= 15 is 0 Å². The number of aryl methyl sites for hydroxylation is 2. The molecule has 0 spiro atoms. The maximum absolute atomic E-state index is 2.75. The van der Waals surface area contributed by atoms with Gasteiger partial charge in [0, 0.05) is 0 Å². The highest BCUT2D eigenvalue weighted by Crippen LogP contribution is 2.24. The zero-order valence-electron chi connectivity index (χ0n) is 23.7. The summed E-state index contributed by atoms with van der Waals surface area (Å²) in [7, 11) is 0. The Morgan fingerprint density at radius 1 is 0.459 bits per heavy atom. The third-order valence-corrected chi connectivity index (χ3v) is 9.20. The first kappa shape index (κ1) is 28.4. The van der Waals surface area contributed by atoms with E-state index in [0.29, 0.717) is 0 Å². The van der Waals surface area contributed by atoms with E-state index in [2.05, 4.69) is 70.5 Å². The van der Waals surface area contributed by atoms with Crippen molar-refractivity contribution in [1.82, 2.24) is 9.80 Å². The molecule has 2 aromatic rings. The Labute approximate surface area is 228 Å². The lowest BCUT2D eigenvalue weighted by molar-refractivity contribution is 0.171. The molecule has 2 aliphatic rings. The Kier molecular flexibility index (Phi) is 13.1. The van der Waals surface area contributed by atoms with Crippen molar-refractivity contribution in [1.29, 1.82) is 0 Å². The second-order valence-electron chi connectivity index (χ2n) is 12.1. The largest absolute Gasteiger partial charge is 0.303 e. The zero-order valence-corrected chi connectivity index (χ0v) is 23.7. The van der Waals surface area contributed by atoms with Crippen LogP contribution in [-0.4, -0.2) is 49.1 Å². The zero-order chi connectivity index (χ0) is 25.4. The van der Waals surface area contributed by atoms with Crippen molar-refractivity contribution in [2.75, 3.05) is 39.3 Å². The summed E-state index contributed by atoms with van der Waals surface area (Å²) in [5.74, 6) is 1.94. The van der Waals surface area contributed by atoms with Crippen LogP contribution in [0.2, 0.25) is 0 Å². The molecule has 2 fully saturated rings. The summed E-state index contributed by atoms with van der Waals surface area (Å²) in [4.78, 5) is 5.50. The van der Waals surface area contributed by atoms with E-state index in [9.17, 15) is 0 Å². The summed E-state index contributed by atoms with van der Waals surface area (Å²) in [6, 6.07) is 22.1. The van der Waals surface area contributed by atoms with Crippen molar-refractivity contribution in [2.24, 2.45) is 11.8 Å². The van der Waals surface area contributed by atoms with Crippen LogP contribution in [0.5, 0.6) is 0 Å². The fraction of sp³-hybridized carbons (Fsp3) is 0.657. The molecule has 2 nitrogen and oxygen atoms in total. The summed E-state index contributed by atoms with van der Waals surface area (Å²) in [5, 5.41) is 0. The number of piperidine rings is 2. The van der Waals surface area contributed by atoms with E-state index in [0.717, 1.165) is 11.8 Å². The van der Waals surface area contributed by atoms with Crippen molar-refractivity contribution in [2.45, 2.75) is 96.3 Å². The maximum Gasteiger partial charge on any atom is -0.00161 e. The fourth-order valence-electron chi connectivity index (χ4n) is 6.68. The van der Waals surface area contributed by atoms with E-state index in [1.807, 2.05) is 0 Å². The van der Waals surface area contributed by atoms with Gasteiger partial charge in [0.25, 0.3) is 0 Å². The Morgan fingerprint density at radius 2 is 0.838 bits per heavy atom. The SMILES string of the molecule is c1ccc(CCCC2CCN(CCCCCCCN3CCC(CCCc4ccccc4)CC3)CC2)cc1. The molecule has 2 aromatic carbocycles. The third kappa shape index (κ3) is 11.3. The van der Waals surface area contributed by atoms with Crippen molar-refractivity contribution >= 4 is 0 Å². The molecule has 2 heteroatoms. The number of unbranched alkanes of at least 4 members (excludes halogenated alkanes) is 4.